The van der Waals surface area contributed by atoms with E-state index in [1.165, 1.54) is 0 Å². The van der Waals surface area contributed by atoms with E-state index >= 15 is 0 Å². The van der Waals surface area contributed by atoms with Crippen molar-refractivity contribution in [1.82, 2.24) is 14.5 Å². The Hall–Kier alpha value is -2.45. The molecule has 3 fully saturated rings. The second kappa shape index (κ2) is 7.67. The third-order valence-corrected chi connectivity index (χ3v) is 6.76. The average Bonchev–Trinajstić information content (AvgIpc) is 3.24. The van der Waals surface area contributed by atoms with Gasteiger partial charge in [0.15, 0.2) is 11.6 Å². The largest absolute Gasteiger partial charge is 0.352 e. The molecule has 1 aromatic carbocycles. The van der Waals surface area contributed by atoms with Crippen molar-refractivity contribution < 1.29 is 14.3 Å². The Balaban J connectivity index is 1.24. The number of anilines is 1. The van der Waals surface area contributed by atoms with Gasteiger partial charge in [0.25, 0.3) is 5.56 Å². The number of para-hydroxylation sites is 2. The van der Waals surface area contributed by atoms with Crippen LogP contribution in [0.4, 0.5) is 5.82 Å². The van der Waals surface area contributed by atoms with E-state index in [0.29, 0.717) is 45.2 Å². The molecule has 30 heavy (non-hydrogen) atoms. The number of hydrogen-bond acceptors (Lipinski definition) is 6. The summed E-state index contributed by atoms with van der Waals surface area (Å²) in [5, 5.41) is 0. The van der Waals surface area contributed by atoms with Crippen LogP contribution in [0.3, 0.4) is 0 Å². The number of hydrogen-bond donors (Lipinski definition) is 0. The van der Waals surface area contributed by atoms with E-state index < -0.39 is 5.79 Å². The SMILES string of the molecule is Cn1c(=O)c(N2CCC(C(=O)N3CCC4(CC3)OCCO4)CC2)nc2ccccc21. The van der Waals surface area contributed by atoms with Crippen LogP contribution in [0.25, 0.3) is 11.0 Å². The van der Waals surface area contributed by atoms with Crippen LogP contribution in [-0.2, 0) is 21.3 Å². The third-order valence-electron chi connectivity index (χ3n) is 6.76. The Bertz CT molecular complexity index is 996. The first-order valence-electron chi connectivity index (χ1n) is 10.8. The first-order valence-corrected chi connectivity index (χ1v) is 10.8. The maximum Gasteiger partial charge on any atom is 0.293 e. The van der Waals surface area contributed by atoms with E-state index in [1.807, 2.05) is 34.1 Å². The second-order valence-electron chi connectivity index (χ2n) is 8.48. The molecule has 0 radical (unpaired) electrons. The number of likely N-dealkylation sites (tertiary alicyclic amines) is 1. The molecule has 1 aromatic heterocycles. The van der Waals surface area contributed by atoms with E-state index in [1.54, 1.807) is 11.6 Å². The molecule has 2 aromatic rings. The molecule has 0 unspecified atom stereocenters. The number of rotatable bonds is 2. The molecule has 0 saturated carbocycles. The summed E-state index contributed by atoms with van der Waals surface area (Å²) in [6, 6.07) is 7.67. The summed E-state index contributed by atoms with van der Waals surface area (Å²) >= 11 is 0. The molecule has 8 nitrogen and oxygen atoms in total. The molecule has 0 N–H and O–H groups in total. The summed E-state index contributed by atoms with van der Waals surface area (Å²) in [6.45, 7) is 4.00. The van der Waals surface area contributed by atoms with Gasteiger partial charge in [-0.1, -0.05) is 12.1 Å². The molecule has 0 aliphatic carbocycles. The molecule has 3 aliphatic heterocycles. The van der Waals surface area contributed by atoms with E-state index in [0.717, 1.165) is 36.7 Å². The van der Waals surface area contributed by atoms with Crippen molar-refractivity contribution >= 4 is 22.8 Å². The van der Waals surface area contributed by atoms with Gasteiger partial charge < -0.3 is 23.8 Å². The summed E-state index contributed by atoms with van der Waals surface area (Å²) < 4.78 is 13.2. The van der Waals surface area contributed by atoms with Crippen LogP contribution in [-0.4, -0.2) is 65.5 Å². The van der Waals surface area contributed by atoms with E-state index in [9.17, 15) is 9.59 Å². The van der Waals surface area contributed by atoms with Crippen molar-refractivity contribution in [3.05, 3.63) is 34.6 Å². The number of aromatic nitrogens is 2. The molecule has 3 saturated heterocycles. The highest BCUT2D eigenvalue weighted by Crippen LogP contribution is 2.32. The van der Waals surface area contributed by atoms with Crippen LogP contribution in [0.15, 0.2) is 29.1 Å². The summed E-state index contributed by atoms with van der Waals surface area (Å²) in [7, 11) is 1.78. The number of piperidine rings is 2. The molecule has 3 aliphatic rings. The standard InChI is InChI=1S/C22H28N4O4/c1-24-18-5-3-2-4-17(18)23-19(21(24)28)25-10-6-16(7-11-25)20(27)26-12-8-22(9-13-26)29-14-15-30-22/h2-5,16H,6-15H2,1H3. The first kappa shape index (κ1) is 19.5. The van der Waals surface area contributed by atoms with Gasteiger partial charge in [-0.15, -0.1) is 0 Å². The highest BCUT2D eigenvalue weighted by atomic mass is 16.7. The van der Waals surface area contributed by atoms with Crippen LogP contribution in [0, 0.1) is 5.92 Å². The van der Waals surface area contributed by atoms with Gasteiger partial charge in [0.1, 0.15) is 0 Å². The number of aryl methyl sites for hydroxylation is 1. The Morgan fingerprint density at radius 2 is 1.73 bits per heavy atom. The molecule has 1 spiro atoms. The van der Waals surface area contributed by atoms with Gasteiger partial charge in [-0.05, 0) is 25.0 Å². The molecule has 0 atom stereocenters. The quantitative estimate of drug-likeness (QED) is 0.744. The van der Waals surface area contributed by atoms with Crippen LogP contribution in [0.2, 0.25) is 0 Å². The fraction of sp³-hybridized carbons (Fsp3) is 0.591. The highest BCUT2D eigenvalue weighted by Gasteiger charge is 2.42. The maximum atomic E-state index is 13.0. The summed E-state index contributed by atoms with van der Waals surface area (Å²) in [6.07, 6.45) is 2.97. The fourth-order valence-electron chi connectivity index (χ4n) is 4.92. The molecule has 4 heterocycles. The molecular formula is C22H28N4O4. The summed E-state index contributed by atoms with van der Waals surface area (Å²) in [5.41, 5.74) is 1.55. The van der Waals surface area contributed by atoms with Crippen molar-refractivity contribution in [1.29, 1.82) is 0 Å². The van der Waals surface area contributed by atoms with Gasteiger partial charge in [0, 0.05) is 52.0 Å². The number of amides is 1. The number of nitrogens with zero attached hydrogens (tertiary/aromatic N) is 4. The monoisotopic (exact) mass is 412 g/mol. The zero-order valence-electron chi connectivity index (χ0n) is 17.4. The highest BCUT2D eigenvalue weighted by molar-refractivity contribution is 5.79. The van der Waals surface area contributed by atoms with Gasteiger partial charge in [-0.2, -0.15) is 0 Å². The minimum Gasteiger partial charge on any atom is -0.352 e. The minimum absolute atomic E-state index is 0.00465. The predicted octanol–water partition coefficient (Wildman–Crippen LogP) is 1.52. The van der Waals surface area contributed by atoms with Crippen molar-refractivity contribution in [3.8, 4) is 0 Å². The van der Waals surface area contributed by atoms with Gasteiger partial charge in [-0.3, -0.25) is 9.59 Å². The molecule has 0 bridgehead atoms. The van der Waals surface area contributed by atoms with Crippen LogP contribution in [0.5, 0.6) is 0 Å². The van der Waals surface area contributed by atoms with Gasteiger partial charge in [-0.25, -0.2) is 4.98 Å². The Kier molecular flexibility index (Phi) is 4.99. The average molecular weight is 412 g/mol. The zero-order chi connectivity index (χ0) is 20.7. The van der Waals surface area contributed by atoms with Crippen molar-refractivity contribution in [2.45, 2.75) is 31.5 Å². The Morgan fingerprint density at radius 3 is 2.43 bits per heavy atom. The second-order valence-corrected chi connectivity index (χ2v) is 8.48. The molecule has 5 rings (SSSR count). The summed E-state index contributed by atoms with van der Waals surface area (Å²) in [5.74, 6) is 0.256. The Morgan fingerprint density at radius 1 is 1.07 bits per heavy atom. The van der Waals surface area contributed by atoms with Crippen molar-refractivity contribution in [2.24, 2.45) is 13.0 Å². The van der Waals surface area contributed by atoms with Crippen LogP contribution < -0.4 is 10.5 Å². The van der Waals surface area contributed by atoms with E-state index in [-0.39, 0.29) is 17.4 Å². The fourth-order valence-corrected chi connectivity index (χ4v) is 4.92. The van der Waals surface area contributed by atoms with Crippen molar-refractivity contribution in [3.63, 3.8) is 0 Å². The number of carbonyl (C=O) groups excluding carboxylic acids is 1. The third kappa shape index (κ3) is 3.37. The van der Waals surface area contributed by atoms with Crippen molar-refractivity contribution in [2.75, 3.05) is 44.3 Å². The lowest BCUT2D eigenvalue weighted by molar-refractivity contribution is -0.188. The predicted molar refractivity (Wildman–Crippen MR) is 112 cm³/mol. The number of carbonyl (C=O) groups is 1. The number of ether oxygens (including phenoxy) is 2. The number of benzene rings is 1. The Labute approximate surface area is 175 Å². The first-order chi connectivity index (χ1) is 14.6. The molecule has 160 valence electrons. The molecule has 1 amide bonds. The summed E-state index contributed by atoms with van der Waals surface area (Å²) in [4.78, 5) is 34.5. The lowest BCUT2D eigenvalue weighted by atomic mass is 9.93. The number of fused-ring (bicyclic) bond motifs is 1. The lowest BCUT2D eigenvalue weighted by Gasteiger charge is -2.40. The van der Waals surface area contributed by atoms with E-state index in [2.05, 4.69) is 4.98 Å². The van der Waals surface area contributed by atoms with Crippen LogP contribution in [0.1, 0.15) is 25.7 Å². The topological polar surface area (TPSA) is 76.9 Å². The van der Waals surface area contributed by atoms with Crippen LogP contribution >= 0.6 is 0 Å². The lowest BCUT2D eigenvalue weighted by Crippen LogP contribution is -2.50. The minimum atomic E-state index is -0.456. The molecule has 8 heteroatoms. The molecular weight excluding hydrogens is 384 g/mol. The van der Waals surface area contributed by atoms with Gasteiger partial charge in [0.05, 0.1) is 24.2 Å². The zero-order valence-corrected chi connectivity index (χ0v) is 17.4. The van der Waals surface area contributed by atoms with Gasteiger partial charge in [0.2, 0.25) is 5.91 Å². The normalized spacial score (nSPS) is 22.2. The maximum absolute atomic E-state index is 13.0. The van der Waals surface area contributed by atoms with E-state index in [4.69, 9.17) is 9.47 Å². The smallest absolute Gasteiger partial charge is 0.293 e. The van der Waals surface area contributed by atoms with Gasteiger partial charge >= 0.3 is 0 Å².